The minimum atomic E-state index is 0.135. The minimum Gasteiger partial charge on any atom is -0.372 e. The summed E-state index contributed by atoms with van der Waals surface area (Å²) in [5.41, 5.74) is 3.64. The van der Waals surface area contributed by atoms with E-state index in [4.69, 9.17) is 0 Å². The lowest BCUT2D eigenvalue weighted by molar-refractivity contribution is -0.126. The molecule has 29 heavy (non-hydrogen) atoms. The van der Waals surface area contributed by atoms with Crippen LogP contribution in [0.4, 0.5) is 5.69 Å². The number of piperidine rings is 2. The number of aromatic nitrogens is 1. The first-order chi connectivity index (χ1) is 14.2. The Hall–Kier alpha value is -1.92. The van der Waals surface area contributed by atoms with Crippen LogP contribution in [0.15, 0.2) is 29.6 Å². The Morgan fingerprint density at radius 3 is 2.48 bits per heavy atom. The molecule has 6 heteroatoms. The van der Waals surface area contributed by atoms with E-state index in [1.54, 1.807) is 11.3 Å². The van der Waals surface area contributed by atoms with E-state index in [9.17, 15) is 4.79 Å². The van der Waals surface area contributed by atoms with Crippen LogP contribution in [0.25, 0.3) is 0 Å². The van der Waals surface area contributed by atoms with E-state index in [1.807, 2.05) is 6.92 Å². The van der Waals surface area contributed by atoms with E-state index in [0.29, 0.717) is 6.54 Å². The predicted molar refractivity (Wildman–Crippen MR) is 119 cm³/mol. The van der Waals surface area contributed by atoms with Crippen LogP contribution in [0.2, 0.25) is 0 Å². The molecule has 2 fully saturated rings. The standard InChI is InChI=1S/C23H32N4OS/c1-18-25-21(17-29-18)16-26-13-9-20(10-14-26)23(28)24-15-19-5-7-22(8-6-19)27-11-3-2-4-12-27/h5-8,17,20H,2-4,9-16H2,1H3,(H,24,28). The van der Waals surface area contributed by atoms with Gasteiger partial charge in [0.2, 0.25) is 5.91 Å². The summed E-state index contributed by atoms with van der Waals surface area (Å²) in [5.74, 6) is 0.338. The summed E-state index contributed by atoms with van der Waals surface area (Å²) in [5, 5.41) is 6.42. The fraction of sp³-hybridized carbons (Fsp3) is 0.565. The smallest absolute Gasteiger partial charge is 0.223 e. The lowest BCUT2D eigenvalue weighted by Gasteiger charge is -2.30. The molecule has 5 nitrogen and oxygen atoms in total. The Balaban J connectivity index is 1.20. The van der Waals surface area contributed by atoms with E-state index in [2.05, 4.69) is 49.7 Å². The Bertz CT molecular complexity index is 789. The van der Waals surface area contributed by atoms with Crippen molar-refractivity contribution in [1.29, 1.82) is 0 Å². The number of amides is 1. The number of hydrogen-bond acceptors (Lipinski definition) is 5. The molecule has 0 saturated carbocycles. The third-order valence-electron chi connectivity index (χ3n) is 6.13. The van der Waals surface area contributed by atoms with E-state index < -0.39 is 0 Å². The predicted octanol–water partition coefficient (Wildman–Crippen LogP) is 3.97. The van der Waals surface area contributed by atoms with Crippen LogP contribution in [0.5, 0.6) is 0 Å². The van der Waals surface area contributed by atoms with Gasteiger partial charge in [-0.1, -0.05) is 12.1 Å². The summed E-state index contributed by atoms with van der Waals surface area (Å²) >= 11 is 1.71. The van der Waals surface area contributed by atoms with Crippen LogP contribution in [0.3, 0.4) is 0 Å². The van der Waals surface area contributed by atoms with E-state index >= 15 is 0 Å². The number of nitrogens with one attached hydrogen (secondary N) is 1. The largest absolute Gasteiger partial charge is 0.372 e. The van der Waals surface area contributed by atoms with Crippen molar-refractivity contribution in [3.63, 3.8) is 0 Å². The van der Waals surface area contributed by atoms with Crippen LogP contribution in [-0.4, -0.2) is 42.0 Å². The van der Waals surface area contributed by atoms with Gasteiger partial charge in [0.25, 0.3) is 0 Å². The van der Waals surface area contributed by atoms with Gasteiger partial charge in [0.05, 0.1) is 10.7 Å². The van der Waals surface area contributed by atoms with E-state index in [0.717, 1.165) is 56.3 Å². The number of aryl methyl sites for hydroxylation is 1. The minimum absolute atomic E-state index is 0.135. The van der Waals surface area contributed by atoms with Gasteiger partial charge in [0.1, 0.15) is 0 Å². The average molecular weight is 413 g/mol. The van der Waals surface area contributed by atoms with Crippen molar-refractivity contribution in [2.24, 2.45) is 5.92 Å². The van der Waals surface area contributed by atoms with Gasteiger partial charge in [0.15, 0.2) is 0 Å². The Morgan fingerprint density at radius 1 is 1.10 bits per heavy atom. The number of likely N-dealkylation sites (tertiary alicyclic amines) is 1. The third kappa shape index (κ3) is 5.58. The number of hydrogen-bond donors (Lipinski definition) is 1. The maximum atomic E-state index is 12.6. The Kier molecular flexibility index (Phi) is 6.82. The highest BCUT2D eigenvalue weighted by Crippen LogP contribution is 2.22. The van der Waals surface area contributed by atoms with Crippen molar-refractivity contribution >= 4 is 22.9 Å². The van der Waals surface area contributed by atoms with Crippen LogP contribution in [0, 0.1) is 12.8 Å². The monoisotopic (exact) mass is 412 g/mol. The molecule has 3 heterocycles. The zero-order valence-corrected chi connectivity index (χ0v) is 18.2. The summed E-state index contributed by atoms with van der Waals surface area (Å²) in [6.45, 7) is 7.84. The fourth-order valence-electron chi connectivity index (χ4n) is 4.37. The topological polar surface area (TPSA) is 48.5 Å². The lowest BCUT2D eigenvalue weighted by atomic mass is 9.95. The SMILES string of the molecule is Cc1nc(CN2CCC(C(=O)NCc3ccc(N4CCCCC4)cc3)CC2)cs1. The zero-order chi connectivity index (χ0) is 20.1. The fourth-order valence-corrected chi connectivity index (χ4v) is 4.98. The second-order valence-corrected chi connectivity index (χ2v) is 9.40. The molecule has 0 bridgehead atoms. The van der Waals surface area contributed by atoms with Crippen LogP contribution >= 0.6 is 11.3 Å². The van der Waals surface area contributed by atoms with Crippen LogP contribution in [0.1, 0.15) is 48.4 Å². The van der Waals surface area contributed by atoms with Gasteiger partial charge in [-0.2, -0.15) is 0 Å². The van der Waals surface area contributed by atoms with Crippen molar-refractivity contribution in [3.8, 4) is 0 Å². The number of benzene rings is 1. The first kappa shape index (κ1) is 20.4. The number of rotatable bonds is 6. The summed E-state index contributed by atoms with van der Waals surface area (Å²) in [7, 11) is 0. The van der Waals surface area contributed by atoms with Gasteiger partial charge in [-0.3, -0.25) is 9.69 Å². The molecule has 2 aliphatic rings. The molecular formula is C23H32N4OS. The van der Waals surface area contributed by atoms with Crippen molar-refractivity contribution in [1.82, 2.24) is 15.2 Å². The molecule has 0 atom stereocenters. The zero-order valence-electron chi connectivity index (χ0n) is 17.4. The summed E-state index contributed by atoms with van der Waals surface area (Å²) < 4.78 is 0. The molecule has 2 aromatic rings. The number of carbonyl (C=O) groups is 1. The van der Waals surface area contributed by atoms with Crippen molar-refractivity contribution in [2.45, 2.75) is 52.1 Å². The van der Waals surface area contributed by atoms with E-state index in [-0.39, 0.29) is 11.8 Å². The number of carbonyl (C=O) groups excluding carboxylic acids is 1. The molecule has 0 aliphatic carbocycles. The van der Waals surface area contributed by atoms with Crippen molar-refractivity contribution in [2.75, 3.05) is 31.1 Å². The normalized spacial score (nSPS) is 18.7. The molecule has 1 aromatic heterocycles. The molecule has 0 radical (unpaired) electrons. The average Bonchev–Trinajstić information content (AvgIpc) is 3.18. The highest BCUT2D eigenvalue weighted by molar-refractivity contribution is 7.09. The van der Waals surface area contributed by atoms with Gasteiger partial charge >= 0.3 is 0 Å². The summed E-state index contributed by atoms with van der Waals surface area (Å²) in [4.78, 5) is 22.0. The maximum absolute atomic E-state index is 12.6. The molecule has 0 spiro atoms. The quantitative estimate of drug-likeness (QED) is 0.780. The molecule has 2 aliphatic heterocycles. The number of anilines is 1. The van der Waals surface area contributed by atoms with Crippen molar-refractivity contribution < 1.29 is 4.79 Å². The Labute approximate surface area is 178 Å². The first-order valence-electron chi connectivity index (χ1n) is 10.9. The number of thiazole rings is 1. The lowest BCUT2D eigenvalue weighted by Crippen LogP contribution is -2.40. The van der Waals surface area contributed by atoms with Crippen LogP contribution in [-0.2, 0) is 17.9 Å². The molecule has 4 rings (SSSR count). The summed E-state index contributed by atoms with van der Waals surface area (Å²) in [6, 6.07) is 8.71. The molecule has 2 saturated heterocycles. The van der Waals surface area contributed by atoms with E-state index in [1.165, 1.54) is 30.5 Å². The molecule has 156 valence electrons. The third-order valence-corrected chi connectivity index (χ3v) is 6.96. The molecule has 0 unspecified atom stereocenters. The van der Waals surface area contributed by atoms with Crippen LogP contribution < -0.4 is 10.2 Å². The van der Waals surface area contributed by atoms with Gasteiger partial charge in [-0.15, -0.1) is 11.3 Å². The Morgan fingerprint density at radius 2 is 1.83 bits per heavy atom. The number of nitrogens with zero attached hydrogens (tertiary/aromatic N) is 3. The second-order valence-electron chi connectivity index (χ2n) is 8.34. The molecule has 1 N–H and O–H groups in total. The molecular weight excluding hydrogens is 380 g/mol. The van der Waals surface area contributed by atoms with Gasteiger partial charge < -0.3 is 10.2 Å². The highest BCUT2D eigenvalue weighted by atomic mass is 32.1. The van der Waals surface area contributed by atoms with Gasteiger partial charge in [-0.25, -0.2) is 4.98 Å². The second kappa shape index (κ2) is 9.72. The molecule has 1 amide bonds. The van der Waals surface area contributed by atoms with Gasteiger partial charge in [-0.05, 0) is 69.8 Å². The van der Waals surface area contributed by atoms with Gasteiger partial charge in [0, 0.05) is 43.2 Å². The molecule has 1 aromatic carbocycles. The maximum Gasteiger partial charge on any atom is 0.223 e. The summed E-state index contributed by atoms with van der Waals surface area (Å²) in [6.07, 6.45) is 5.80. The first-order valence-corrected chi connectivity index (χ1v) is 11.8. The highest BCUT2D eigenvalue weighted by Gasteiger charge is 2.25. The van der Waals surface area contributed by atoms with Crippen molar-refractivity contribution in [3.05, 3.63) is 45.9 Å².